The third kappa shape index (κ3) is 7.72. The van der Waals surface area contributed by atoms with Crippen LogP contribution in [0.1, 0.15) is 0 Å². The predicted molar refractivity (Wildman–Crippen MR) is 324 cm³/mol. The zero-order valence-corrected chi connectivity index (χ0v) is 43.8. The Balaban J connectivity index is 0.776. The molecule has 5 aromatic carbocycles. The van der Waals surface area contributed by atoms with Gasteiger partial charge in [0.05, 0.1) is 16.6 Å². The molecule has 83 heavy (non-hydrogen) atoms. The fourth-order valence-corrected chi connectivity index (χ4v) is 11.6. The molecule has 0 saturated heterocycles. The van der Waals surface area contributed by atoms with Crippen LogP contribution in [-0.2, 0) is 0 Å². The Kier molecular flexibility index (Phi) is 10.3. The van der Waals surface area contributed by atoms with E-state index >= 15 is 0 Å². The molecule has 0 aliphatic heterocycles. The van der Waals surface area contributed by atoms with E-state index in [-0.39, 0.29) is 0 Å². The molecular formula is C71H41N7O5. The Hall–Kier alpha value is -11.6. The molecule has 0 unspecified atom stereocenters. The van der Waals surface area contributed by atoms with Crippen molar-refractivity contribution >= 4 is 65.7 Å². The number of benzene rings is 5. The van der Waals surface area contributed by atoms with Crippen LogP contribution in [0.5, 0.6) is 0 Å². The average molecular weight is 1070 g/mol. The second-order valence-corrected chi connectivity index (χ2v) is 20.4. The van der Waals surface area contributed by atoms with Gasteiger partial charge >= 0.3 is 0 Å². The van der Waals surface area contributed by atoms with Crippen molar-refractivity contribution in [1.29, 1.82) is 0 Å². The highest BCUT2D eigenvalue weighted by Crippen LogP contribution is 2.43. The average Bonchev–Trinajstić information content (AvgIpc) is 4.24. The molecule has 0 radical (unpaired) electrons. The molecule has 0 aliphatic rings. The van der Waals surface area contributed by atoms with Gasteiger partial charge in [0.25, 0.3) is 0 Å². The van der Waals surface area contributed by atoms with E-state index in [1.54, 1.807) is 24.8 Å². The fraction of sp³-hybridized carbons (Fsp3) is 0. The van der Waals surface area contributed by atoms with Gasteiger partial charge in [-0.05, 0) is 180 Å². The normalized spacial score (nSPS) is 11.9. The minimum atomic E-state index is 0.628. The molecule has 17 aromatic rings. The standard InChI is InChI=1S/C71H41N7O5/c1-5-31-72-54(9-1)65-25-23-61(79-65)45-14-19-59-49(38-45)48-35-42(13-18-58(48)77(59)69-29-27-67(82-69)56-11-3-7-33-74-56)43-16-21-63-51(36-43)52-37-44(17-22-64(52)81-63)47-40-53-50-39-46(62-24-26-66(80-62)55-10-2-6-32-73-55)15-20-60(50)78(71(53)76-41-47)70-30-28-68(83-70)57-12-4-8-34-75-57/h1-41H. The van der Waals surface area contributed by atoms with Crippen molar-refractivity contribution in [1.82, 2.24) is 34.1 Å². The second kappa shape index (κ2) is 18.5. The molecule has 0 bridgehead atoms. The summed E-state index contributed by atoms with van der Waals surface area (Å²) in [7, 11) is 0. The van der Waals surface area contributed by atoms with Crippen LogP contribution in [0.15, 0.2) is 271 Å². The van der Waals surface area contributed by atoms with Gasteiger partial charge in [0.15, 0.2) is 23.0 Å². The van der Waals surface area contributed by atoms with E-state index in [1.807, 2.05) is 128 Å². The lowest BCUT2D eigenvalue weighted by Crippen LogP contribution is -1.93. The van der Waals surface area contributed by atoms with E-state index in [0.29, 0.717) is 34.8 Å². The molecule has 0 saturated carbocycles. The summed E-state index contributed by atoms with van der Waals surface area (Å²) < 4.78 is 36.8. The molecule has 0 N–H and O–H groups in total. The third-order valence-corrected chi connectivity index (χ3v) is 15.6. The number of fused-ring (bicyclic) bond motifs is 9. The molecule has 12 heteroatoms. The quantitative estimate of drug-likeness (QED) is 0.130. The largest absolute Gasteiger partial charge is 0.456 e. The first-order valence-corrected chi connectivity index (χ1v) is 27.1. The smallest absolute Gasteiger partial charge is 0.206 e. The molecule has 0 fully saturated rings. The van der Waals surface area contributed by atoms with Crippen molar-refractivity contribution in [3.05, 3.63) is 249 Å². The van der Waals surface area contributed by atoms with Gasteiger partial charge in [0, 0.05) is 92.1 Å². The number of rotatable bonds is 10. The van der Waals surface area contributed by atoms with E-state index in [1.165, 1.54) is 0 Å². The predicted octanol–water partition coefficient (Wildman–Crippen LogP) is 18.5. The lowest BCUT2D eigenvalue weighted by Gasteiger charge is -2.06. The molecule has 390 valence electrons. The first kappa shape index (κ1) is 46.3. The van der Waals surface area contributed by atoms with Crippen LogP contribution < -0.4 is 0 Å². The number of hydrogen-bond acceptors (Lipinski definition) is 10. The Bertz CT molecular complexity index is 5010. The molecular weight excluding hydrogens is 1030 g/mol. The summed E-state index contributed by atoms with van der Waals surface area (Å²) in [6.07, 6.45) is 9.02. The zero-order valence-electron chi connectivity index (χ0n) is 43.8. The van der Waals surface area contributed by atoms with Crippen LogP contribution in [0.3, 0.4) is 0 Å². The van der Waals surface area contributed by atoms with Crippen molar-refractivity contribution in [2.75, 3.05) is 0 Å². The second-order valence-electron chi connectivity index (χ2n) is 20.4. The van der Waals surface area contributed by atoms with Gasteiger partial charge in [-0.2, -0.15) is 0 Å². The monoisotopic (exact) mass is 1070 g/mol. The number of nitrogens with zero attached hydrogens (tertiary/aromatic N) is 7. The van der Waals surface area contributed by atoms with E-state index in [0.717, 1.165) is 133 Å². The minimum Gasteiger partial charge on any atom is -0.456 e. The molecule has 0 aliphatic carbocycles. The van der Waals surface area contributed by atoms with Crippen LogP contribution in [0.2, 0.25) is 0 Å². The molecule has 12 nitrogen and oxygen atoms in total. The maximum absolute atomic E-state index is 6.59. The molecule has 12 aromatic heterocycles. The van der Waals surface area contributed by atoms with E-state index < -0.39 is 0 Å². The summed E-state index contributed by atoms with van der Waals surface area (Å²) >= 11 is 0. The van der Waals surface area contributed by atoms with Gasteiger partial charge in [-0.25, -0.2) is 4.98 Å². The number of aromatic nitrogens is 7. The highest BCUT2D eigenvalue weighted by molar-refractivity contribution is 6.13. The van der Waals surface area contributed by atoms with Crippen LogP contribution in [-0.4, -0.2) is 34.1 Å². The van der Waals surface area contributed by atoms with Gasteiger partial charge in [-0.3, -0.25) is 29.1 Å². The molecule has 0 atom stereocenters. The van der Waals surface area contributed by atoms with Gasteiger partial charge in [0.2, 0.25) is 11.8 Å². The Labute approximate surface area is 471 Å². The molecule has 17 rings (SSSR count). The van der Waals surface area contributed by atoms with Crippen LogP contribution >= 0.6 is 0 Å². The Morgan fingerprint density at radius 1 is 0.253 bits per heavy atom. The first-order chi connectivity index (χ1) is 41.1. The highest BCUT2D eigenvalue weighted by Gasteiger charge is 2.22. The lowest BCUT2D eigenvalue weighted by atomic mass is 9.99. The van der Waals surface area contributed by atoms with Crippen LogP contribution in [0, 0.1) is 0 Å². The van der Waals surface area contributed by atoms with Gasteiger partial charge in [0.1, 0.15) is 51.1 Å². The SMILES string of the molecule is c1ccc(-c2ccc(-c3ccc4c(c3)c3cc(-c5ccc6oc7ccc(-c8cnc9c(c8)c8cc(-c%10ccc(-c%11ccccn%11)o%10)ccc8n9-c8ccc(-c9ccccn9)o8)cc7c6c5)ccc3n4-c3ccc(-c4ccccn4)o3)o2)nc1. The summed E-state index contributed by atoms with van der Waals surface area (Å²) in [5.41, 5.74) is 14.2. The number of pyridine rings is 5. The summed E-state index contributed by atoms with van der Waals surface area (Å²) in [5, 5.41) is 6.04. The highest BCUT2D eigenvalue weighted by atomic mass is 16.4. The lowest BCUT2D eigenvalue weighted by molar-refractivity contribution is 0.557. The Morgan fingerprint density at radius 2 is 0.627 bits per heavy atom. The van der Waals surface area contributed by atoms with Crippen molar-refractivity contribution in [3.8, 4) is 102 Å². The van der Waals surface area contributed by atoms with E-state index in [9.17, 15) is 0 Å². The summed E-state index contributed by atoms with van der Waals surface area (Å²) in [4.78, 5) is 23.4. The van der Waals surface area contributed by atoms with E-state index in [2.05, 4.69) is 126 Å². The van der Waals surface area contributed by atoms with Crippen molar-refractivity contribution in [2.45, 2.75) is 0 Å². The molecule has 0 spiro atoms. The topological polar surface area (TPSA) is 140 Å². The van der Waals surface area contributed by atoms with Gasteiger partial charge in [-0.15, -0.1) is 0 Å². The maximum atomic E-state index is 6.59. The molecule has 0 amide bonds. The third-order valence-electron chi connectivity index (χ3n) is 15.6. The van der Waals surface area contributed by atoms with Gasteiger partial charge < -0.3 is 22.1 Å². The van der Waals surface area contributed by atoms with Crippen molar-refractivity contribution in [3.63, 3.8) is 0 Å². The number of furan rings is 5. The first-order valence-electron chi connectivity index (χ1n) is 27.1. The van der Waals surface area contributed by atoms with Crippen molar-refractivity contribution in [2.24, 2.45) is 0 Å². The van der Waals surface area contributed by atoms with Gasteiger partial charge in [-0.1, -0.05) is 42.5 Å². The zero-order chi connectivity index (χ0) is 54.5. The fourth-order valence-electron chi connectivity index (χ4n) is 11.6. The Morgan fingerprint density at radius 3 is 1.12 bits per heavy atom. The maximum Gasteiger partial charge on any atom is 0.206 e. The van der Waals surface area contributed by atoms with Crippen molar-refractivity contribution < 1.29 is 22.1 Å². The van der Waals surface area contributed by atoms with Crippen LogP contribution in [0.25, 0.3) is 168 Å². The summed E-state index contributed by atoms with van der Waals surface area (Å²) in [6, 6.07) is 73.5. The molecule has 12 heterocycles. The summed E-state index contributed by atoms with van der Waals surface area (Å²) in [6.45, 7) is 0. The van der Waals surface area contributed by atoms with E-state index in [4.69, 9.17) is 27.1 Å². The number of hydrogen-bond donors (Lipinski definition) is 0. The summed E-state index contributed by atoms with van der Waals surface area (Å²) in [5.74, 6) is 5.55. The van der Waals surface area contributed by atoms with Crippen LogP contribution in [0.4, 0.5) is 0 Å². The minimum absolute atomic E-state index is 0.628.